The molecule has 2 rings (SSSR count). The summed E-state index contributed by atoms with van der Waals surface area (Å²) in [5.41, 5.74) is 6.75. The Labute approximate surface area is 209 Å². The van der Waals surface area contributed by atoms with Gasteiger partial charge in [-0.2, -0.15) is 4.20 Å². The van der Waals surface area contributed by atoms with Gasteiger partial charge in [0.1, 0.15) is 0 Å². The summed E-state index contributed by atoms with van der Waals surface area (Å²) in [6, 6.07) is 13.0. The van der Waals surface area contributed by atoms with Gasteiger partial charge in [-0.05, 0) is 55.0 Å². The zero-order valence-corrected chi connectivity index (χ0v) is 24.3. The van der Waals surface area contributed by atoms with Crippen LogP contribution in [0.3, 0.4) is 0 Å². The fourth-order valence-corrected chi connectivity index (χ4v) is 4.78. The van der Waals surface area contributed by atoms with E-state index in [1.807, 2.05) is 0 Å². The molecular formula is C30H46FO2P. The Morgan fingerprint density at radius 2 is 1.15 bits per heavy atom. The summed E-state index contributed by atoms with van der Waals surface area (Å²) in [5, 5.41) is 0. The predicted octanol–water partition coefficient (Wildman–Crippen LogP) is 9.37. The third-order valence-corrected chi connectivity index (χ3v) is 6.91. The lowest BCUT2D eigenvalue weighted by Gasteiger charge is -2.32. The highest BCUT2D eigenvalue weighted by atomic mass is 31.2. The summed E-state index contributed by atoms with van der Waals surface area (Å²) in [5.74, 6) is 0. The van der Waals surface area contributed by atoms with Crippen LogP contribution in [-0.2, 0) is 32.6 Å². The third-order valence-electron chi connectivity index (χ3n) is 6.48. The lowest BCUT2D eigenvalue weighted by molar-refractivity contribution is 0.186. The van der Waals surface area contributed by atoms with Crippen LogP contribution in [0, 0.1) is 0 Å². The monoisotopic (exact) mass is 488 g/mol. The quantitative estimate of drug-likeness (QED) is 0.425. The predicted molar refractivity (Wildman–Crippen MR) is 145 cm³/mol. The van der Waals surface area contributed by atoms with E-state index in [2.05, 4.69) is 119 Å². The summed E-state index contributed by atoms with van der Waals surface area (Å²) in [7, 11) is -3.00. The molecule has 0 spiro atoms. The Balaban J connectivity index is 2.68. The van der Waals surface area contributed by atoms with Crippen LogP contribution in [0.1, 0.15) is 123 Å². The standard InChI is InChI=1S/C30H46FO2P/c1-27(2,3)21-14-13-20(24(18-21)29(7,8)9)17-26(33-34(31)32)23-16-15-22(28(4,5)6)19-25(23)30(10,11)12/h13-16,18-19,26,32H,17H2,1-12H3. The number of halogens is 1. The highest BCUT2D eigenvalue weighted by molar-refractivity contribution is 7.40. The fourth-order valence-electron chi connectivity index (χ4n) is 4.38. The topological polar surface area (TPSA) is 29.5 Å². The van der Waals surface area contributed by atoms with E-state index < -0.39 is 14.8 Å². The first-order valence-electron chi connectivity index (χ1n) is 12.3. The van der Waals surface area contributed by atoms with Crippen molar-refractivity contribution in [1.82, 2.24) is 0 Å². The lowest BCUT2D eigenvalue weighted by Crippen LogP contribution is -2.22. The van der Waals surface area contributed by atoms with Crippen LogP contribution >= 0.6 is 8.69 Å². The summed E-state index contributed by atoms with van der Waals surface area (Å²) < 4.78 is 19.6. The summed E-state index contributed by atoms with van der Waals surface area (Å²) in [6.45, 7) is 26.4. The molecule has 1 N–H and O–H groups in total. The molecule has 0 bridgehead atoms. The highest BCUT2D eigenvalue weighted by Gasteiger charge is 2.30. The van der Waals surface area contributed by atoms with Gasteiger partial charge in [0.2, 0.25) is 0 Å². The first-order chi connectivity index (χ1) is 15.2. The molecule has 0 aliphatic rings. The van der Waals surface area contributed by atoms with Gasteiger partial charge in [0.05, 0.1) is 6.10 Å². The molecule has 0 radical (unpaired) electrons. The highest BCUT2D eigenvalue weighted by Crippen LogP contribution is 2.45. The maximum atomic E-state index is 14.0. The van der Waals surface area contributed by atoms with Crippen LogP contribution < -0.4 is 0 Å². The van der Waals surface area contributed by atoms with Gasteiger partial charge in [-0.15, -0.1) is 0 Å². The van der Waals surface area contributed by atoms with Crippen LogP contribution in [0.25, 0.3) is 0 Å². The zero-order chi connectivity index (χ0) is 26.3. The molecule has 34 heavy (non-hydrogen) atoms. The van der Waals surface area contributed by atoms with E-state index in [0.717, 1.165) is 16.7 Å². The molecule has 2 atom stereocenters. The second kappa shape index (κ2) is 10.00. The second-order valence-electron chi connectivity index (χ2n) is 13.7. The number of hydrogen-bond acceptors (Lipinski definition) is 2. The SMILES string of the molecule is CC(C)(C)c1ccc(CC(OP(O)F)c2ccc(C(C)(C)C)cc2C(C)(C)C)c(C(C)(C)C)c1. The Hall–Kier alpha value is -1.28. The van der Waals surface area contributed by atoms with Crippen LogP contribution in [0.5, 0.6) is 0 Å². The van der Waals surface area contributed by atoms with Crippen molar-refractivity contribution in [3.63, 3.8) is 0 Å². The molecule has 2 aromatic carbocycles. The van der Waals surface area contributed by atoms with Gasteiger partial charge in [-0.3, -0.25) is 0 Å². The van der Waals surface area contributed by atoms with Crippen molar-refractivity contribution in [2.24, 2.45) is 0 Å². The molecule has 2 unspecified atom stereocenters. The van der Waals surface area contributed by atoms with Gasteiger partial charge in [-0.1, -0.05) is 119 Å². The van der Waals surface area contributed by atoms with Crippen molar-refractivity contribution < 1.29 is 13.6 Å². The molecule has 0 fully saturated rings. The van der Waals surface area contributed by atoms with Crippen LogP contribution in [-0.4, -0.2) is 4.89 Å². The van der Waals surface area contributed by atoms with E-state index in [4.69, 9.17) is 4.52 Å². The molecule has 2 nitrogen and oxygen atoms in total. The van der Waals surface area contributed by atoms with Gasteiger partial charge in [-0.25, -0.2) is 0 Å². The smallest absolute Gasteiger partial charge is 0.325 e. The van der Waals surface area contributed by atoms with Crippen molar-refractivity contribution in [3.8, 4) is 0 Å². The average molecular weight is 489 g/mol. The molecular weight excluding hydrogens is 442 g/mol. The maximum Gasteiger partial charge on any atom is 0.372 e. The van der Waals surface area contributed by atoms with Gasteiger partial charge < -0.3 is 9.42 Å². The van der Waals surface area contributed by atoms with E-state index in [0.29, 0.717) is 6.42 Å². The minimum absolute atomic E-state index is 0.000756. The maximum absolute atomic E-state index is 14.0. The molecule has 0 aliphatic heterocycles. The lowest BCUT2D eigenvalue weighted by atomic mass is 9.75. The van der Waals surface area contributed by atoms with Crippen LogP contribution in [0.4, 0.5) is 4.20 Å². The second-order valence-corrected chi connectivity index (χ2v) is 14.4. The zero-order valence-electron chi connectivity index (χ0n) is 23.4. The summed E-state index contributed by atoms with van der Waals surface area (Å²) >= 11 is 0. The van der Waals surface area contributed by atoms with Crippen molar-refractivity contribution in [3.05, 3.63) is 69.8 Å². The van der Waals surface area contributed by atoms with Gasteiger partial charge in [0, 0.05) is 6.42 Å². The molecule has 190 valence electrons. The number of rotatable bonds is 5. The van der Waals surface area contributed by atoms with Crippen LogP contribution in [0.2, 0.25) is 0 Å². The number of hydrogen-bond donors (Lipinski definition) is 1. The van der Waals surface area contributed by atoms with Gasteiger partial charge in [0.15, 0.2) is 0 Å². The molecule has 0 aliphatic carbocycles. The van der Waals surface area contributed by atoms with E-state index in [1.54, 1.807) is 0 Å². The van der Waals surface area contributed by atoms with Crippen molar-refractivity contribution in [2.45, 2.75) is 117 Å². The van der Waals surface area contributed by atoms with Crippen molar-refractivity contribution >= 4 is 8.69 Å². The van der Waals surface area contributed by atoms with Crippen LogP contribution in [0.15, 0.2) is 36.4 Å². The molecule has 0 saturated carbocycles. The fraction of sp³-hybridized carbons (Fsp3) is 0.600. The largest absolute Gasteiger partial charge is 0.372 e. The Bertz CT molecular complexity index is 983. The van der Waals surface area contributed by atoms with E-state index in [1.165, 1.54) is 16.7 Å². The summed E-state index contributed by atoms with van der Waals surface area (Å²) in [4.78, 5) is 9.70. The van der Waals surface area contributed by atoms with E-state index in [-0.39, 0.29) is 21.7 Å². The minimum Gasteiger partial charge on any atom is -0.325 e. The Kier molecular flexibility index (Phi) is 8.51. The Morgan fingerprint density at radius 3 is 1.56 bits per heavy atom. The summed E-state index contributed by atoms with van der Waals surface area (Å²) in [6.07, 6.45) is -0.0795. The van der Waals surface area contributed by atoms with Gasteiger partial charge in [0.25, 0.3) is 0 Å². The first kappa shape index (κ1) is 29.0. The van der Waals surface area contributed by atoms with E-state index in [9.17, 15) is 9.09 Å². The number of benzene rings is 2. The molecule has 0 heterocycles. The molecule has 0 amide bonds. The van der Waals surface area contributed by atoms with Crippen molar-refractivity contribution in [2.75, 3.05) is 0 Å². The first-order valence-corrected chi connectivity index (χ1v) is 13.4. The molecule has 2 aromatic rings. The average Bonchev–Trinajstić information content (AvgIpc) is 2.63. The van der Waals surface area contributed by atoms with Gasteiger partial charge >= 0.3 is 8.69 Å². The third kappa shape index (κ3) is 7.36. The normalized spacial score (nSPS) is 15.4. The Morgan fingerprint density at radius 1 is 0.706 bits per heavy atom. The van der Waals surface area contributed by atoms with Crippen molar-refractivity contribution in [1.29, 1.82) is 0 Å². The van der Waals surface area contributed by atoms with E-state index >= 15 is 0 Å². The minimum atomic E-state index is -3.00. The molecule has 0 aromatic heterocycles. The molecule has 4 heteroatoms. The molecule has 0 saturated heterocycles.